The fraction of sp³-hybridized carbons (Fsp3) is 0.405. The van der Waals surface area contributed by atoms with Crippen molar-refractivity contribution >= 4 is 45.7 Å². The smallest absolute Gasteiger partial charge is 0.332 e. The van der Waals surface area contributed by atoms with Crippen LogP contribution in [0.3, 0.4) is 0 Å². The second-order valence-electron chi connectivity index (χ2n) is 13.8. The number of benzene rings is 3. The Morgan fingerprint density at radius 2 is 1.39 bits per heavy atom. The molecule has 1 unspecified atom stereocenters. The average Bonchev–Trinajstić information content (AvgIpc) is 3.43. The maximum Gasteiger partial charge on any atom is 0.332 e. The number of aromatic nitrogens is 4. The molecule has 0 aliphatic heterocycles. The number of carbonyl (C=O) groups excluding carboxylic acids is 2. The van der Waals surface area contributed by atoms with Crippen LogP contribution in [0.4, 0.5) is 11.4 Å². The fourth-order valence-electron chi connectivity index (χ4n) is 6.68. The van der Waals surface area contributed by atoms with E-state index in [1.54, 1.807) is 42.5 Å². The van der Waals surface area contributed by atoms with Crippen molar-refractivity contribution in [1.29, 1.82) is 0 Å². The number of imidazole rings is 1. The lowest BCUT2D eigenvalue weighted by Gasteiger charge is -2.19. The Morgan fingerprint density at radius 1 is 0.778 bits per heavy atom. The lowest BCUT2D eigenvalue weighted by Crippen LogP contribution is -2.37. The molecular weight excluding hydrogens is 704 g/mol. The quantitative estimate of drug-likeness (QED) is 0.0549. The molecule has 11 nitrogen and oxygen atoms in total. The molecule has 0 bridgehead atoms. The molecule has 286 valence electrons. The number of rotatable bonds is 21. The van der Waals surface area contributed by atoms with Gasteiger partial charge < -0.3 is 20.7 Å². The van der Waals surface area contributed by atoms with Crippen LogP contribution in [0.15, 0.2) is 88.6 Å². The molecule has 5 aromatic rings. The van der Waals surface area contributed by atoms with Crippen molar-refractivity contribution in [1.82, 2.24) is 19.1 Å². The van der Waals surface area contributed by atoms with Gasteiger partial charge in [0.05, 0.1) is 34.5 Å². The fourth-order valence-corrected chi connectivity index (χ4v) is 6.87. The molecule has 12 heteroatoms. The van der Waals surface area contributed by atoms with E-state index in [-0.39, 0.29) is 39.9 Å². The maximum atomic E-state index is 14.1. The topological polar surface area (TPSA) is 151 Å². The van der Waals surface area contributed by atoms with Crippen LogP contribution in [0.25, 0.3) is 10.9 Å². The van der Waals surface area contributed by atoms with Crippen LogP contribution in [-0.2, 0) is 16.1 Å². The number of nitrogens with one attached hydrogen (secondary N) is 3. The molecule has 2 aromatic heterocycles. The van der Waals surface area contributed by atoms with Crippen LogP contribution >= 0.6 is 11.6 Å². The van der Waals surface area contributed by atoms with E-state index in [2.05, 4.69) is 27.5 Å². The van der Waals surface area contributed by atoms with E-state index in [0.717, 1.165) is 35.8 Å². The Balaban J connectivity index is 1.31. The molecule has 4 N–H and O–H groups in total. The monoisotopic (exact) mass is 754 g/mol. The van der Waals surface area contributed by atoms with E-state index in [4.69, 9.17) is 11.6 Å². The predicted octanol–water partition coefficient (Wildman–Crippen LogP) is 8.94. The van der Waals surface area contributed by atoms with Gasteiger partial charge in [-0.1, -0.05) is 144 Å². The largest absolute Gasteiger partial charge is 0.493 e. The van der Waals surface area contributed by atoms with Crippen LogP contribution in [0.5, 0.6) is 5.88 Å². The van der Waals surface area contributed by atoms with E-state index in [1.165, 1.54) is 68.6 Å². The molecule has 0 spiro atoms. The highest BCUT2D eigenvalue weighted by molar-refractivity contribution is 6.33. The van der Waals surface area contributed by atoms with E-state index in [9.17, 15) is 24.3 Å². The molecule has 0 saturated heterocycles. The number of H-pyrrole nitrogens is 1. The van der Waals surface area contributed by atoms with Crippen molar-refractivity contribution in [2.75, 3.05) is 10.6 Å². The molecule has 2 amide bonds. The second kappa shape index (κ2) is 20.3. The van der Waals surface area contributed by atoms with E-state index in [1.807, 2.05) is 30.3 Å². The van der Waals surface area contributed by atoms with E-state index in [0.29, 0.717) is 12.1 Å². The van der Waals surface area contributed by atoms with Gasteiger partial charge in [-0.2, -0.15) is 0 Å². The van der Waals surface area contributed by atoms with Gasteiger partial charge in [-0.3, -0.25) is 19.0 Å². The summed E-state index contributed by atoms with van der Waals surface area (Å²) >= 11 is 6.34. The SMILES string of the molecule is CCCCCCCCCCCCCCCC(=O)Nc1cccc2c(=O)[nH]c(C(C(=O)Nc3ccccc3Cl)n3c(O)cn(Cc4ccccc4)c3=O)nc12. The summed E-state index contributed by atoms with van der Waals surface area (Å²) in [7, 11) is 0. The number of para-hydroxylation sites is 2. The van der Waals surface area contributed by atoms with E-state index < -0.39 is 29.1 Å². The number of hydrogen-bond donors (Lipinski definition) is 4. The van der Waals surface area contributed by atoms with Crippen molar-refractivity contribution in [3.05, 3.63) is 116 Å². The van der Waals surface area contributed by atoms with Gasteiger partial charge in [-0.05, 0) is 36.2 Å². The Kier molecular flexibility index (Phi) is 15.1. The zero-order chi connectivity index (χ0) is 38.3. The Hall–Kier alpha value is -5.16. The Bertz CT molecular complexity index is 2110. The maximum absolute atomic E-state index is 14.1. The third kappa shape index (κ3) is 10.9. The second-order valence-corrected chi connectivity index (χ2v) is 14.2. The normalized spacial score (nSPS) is 11.8. The minimum absolute atomic E-state index is 0.121. The lowest BCUT2D eigenvalue weighted by molar-refractivity contribution is -0.118. The van der Waals surface area contributed by atoms with Gasteiger partial charge in [0.25, 0.3) is 11.5 Å². The average molecular weight is 755 g/mol. The standard InChI is InChI=1S/C42H51ClN6O5/c1-2-3-4-5-6-7-8-9-10-11-12-13-17-27-35(50)44-34-26-20-23-31-37(34)46-39(47-40(31)52)38(41(53)45-33-25-19-18-24-32(33)43)49-36(51)29-48(42(49)54)28-30-21-15-14-16-22-30/h14-16,18-26,29,38,51H,2-13,17,27-28H2,1H3,(H,44,50)(H,45,53)(H,46,47,52). The predicted molar refractivity (Wildman–Crippen MR) is 215 cm³/mol. The molecule has 0 aliphatic carbocycles. The summed E-state index contributed by atoms with van der Waals surface area (Å²) < 4.78 is 2.14. The number of aromatic amines is 1. The van der Waals surface area contributed by atoms with Gasteiger partial charge in [-0.25, -0.2) is 14.3 Å². The number of halogens is 1. The number of carbonyl (C=O) groups is 2. The number of anilines is 2. The molecule has 1 atom stereocenters. The third-order valence-corrected chi connectivity index (χ3v) is 9.93. The highest BCUT2D eigenvalue weighted by Crippen LogP contribution is 2.27. The van der Waals surface area contributed by atoms with Crippen LogP contribution in [0.1, 0.15) is 114 Å². The number of unbranched alkanes of at least 4 members (excludes halogenated alkanes) is 12. The van der Waals surface area contributed by atoms with Crippen molar-refractivity contribution < 1.29 is 14.7 Å². The molecule has 3 aromatic carbocycles. The first kappa shape index (κ1) is 40.0. The summed E-state index contributed by atoms with van der Waals surface area (Å²) in [6, 6.07) is 18.9. The van der Waals surface area contributed by atoms with Crippen molar-refractivity contribution in [2.24, 2.45) is 0 Å². The number of hydrogen-bond acceptors (Lipinski definition) is 6. The zero-order valence-electron chi connectivity index (χ0n) is 31.0. The van der Waals surface area contributed by atoms with Crippen molar-refractivity contribution in [3.63, 3.8) is 0 Å². The van der Waals surface area contributed by atoms with Gasteiger partial charge in [-0.15, -0.1) is 0 Å². The number of fused-ring (bicyclic) bond motifs is 1. The zero-order valence-corrected chi connectivity index (χ0v) is 31.7. The summed E-state index contributed by atoms with van der Waals surface area (Å²) in [5.74, 6) is -1.74. The lowest BCUT2D eigenvalue weighted by atomic mass is 10.0. The first-order chi connectivity index (χ1) is 26.3. The van der Waals surface area contributed by atoms with Crippen molar-refractivity contribution in [3.8, 4) is 5.88 Å². The summed E-state index contributed by atoms with van der Waals surface area (Å²) in [6.45, 7) is 2.36. The van der Waals surface area contributed by atoms with Gasteiger partial charge in [0.2, 0.25) is 11.8 Å². The van der Waals surface area contributed by atoms with Gasteiger partial charge >= 0.3 is 5.69 Å². The number of aromatic hydroxyl groups is 1. The summed E-state index contributed by atoms with van der Waals surface area (Å²) in [4.78, 5) is 61.8. The summed E-state index contributed by atoms with van der Waals surface area (Å²) in [6.07, 6.45) is 17.2. The molecule has 54 heavy (non-hydrogen) atoms. The Labute approximate surface area is 320 Å². The number of amides is 2. The molecule has 0 fully saturated rings. The van der Waals surface area contributed by atoms with E-state index >= 15 is 0 Å². The van der Waals surface area contributed by atoms with Crippen LogP contribution < -0.4 is 21.9 Å². The first-order valence-electron chi connectivity index (χ1n) is 19.2. The molecule has 2 heterocycles. The molecule has 0 saturated carbocycles. The van der Waals surface area contributed by atoms with Gasteiger partial charge in [0, 0.05) is 6.42 Å². The van der Waals surface area contributed by atoms with Crippen molar-refractivity contribution in [2.45, 2.75) is 109 Å². The molecule has 0 radical (unpaired) electrons. The summed E-state index contributed by atoms with van der Waals surface area (Å²) in [5, 5.41) is 17.2. The minimum atomic E-state index is -1.63. The minimum Gasteiger partial charge on any atom is -0.493 e. The number of nitrogens with zero attached hydrogens (tertiary/aromatic N) is 3. The van der Waals surface area contributed by atoms with Crippen LogP contribution in [0, 0.1) is 0 Å². The molecule has 0 aliphatic rings. The molecular formula is C42H51ClN6O5. The third-order valence-electron chi connectivity index (χ3n) is 9.60. The summed E-state index contributed by atoms with van der Waals surface area (Å²) in [5.41, 5.74) is 0.192. The molecule has 5 rings (SSSR count). The van der Waals surface area contributed by atoms with Crippen LogP contribution in [0.2, 0.25) is 5.02 Å². The van der Waals surface area contributed by atoms with Gasteiger partial charge in [0.15, 0.2) is 6.04 Å². The van der Waals surface area contributed by atoms with Gasteiger partial charge in [0.1, 0.15) is 11.3 Å². The van der Waals surface area contributed by atoms with Crippen LogP contribution in [-0.4, -0.2) is 36.0 Å². The highest BCUT2D eigenvalue weighted by Gasteiger charge is 2.32. The first-order valence-corrected chi connectivity index (χ1v) is 19.6. The highest BCUT2D eigenvalue weighted by atomic mass is 35.5. The Morgan fingerprint density at radius 3 is 2.06 bits per heavy atom.